The van der Waals surface area contributed by atoms with E-state index in [0.29, 0.717) is 38.9 Å². The van der Waals surface area contributed by atoms with Gasteiger partial charge in [0.25, 0.3) is 0 Å². The molecule has 0 saturated carbocycles. The number of rotatable bonds is 8. The summed E-state index contributed by atoms with van der Waals surface area (Å²) in [6, 6.07) is 16.4. The van der Waals surface area contributed by atoms with Crippen molar-refractivity contribution in [3.8, 4) is 11.1 Å². The van der Waals surface area contributed by atoms with Gasteiger partial charge in [0.05, 0.1) is 5.92 Å². The molecule has 180 valence electrons. The van der Waals surface area contributed by atoms with Gasteiger partial charge in [-0.15, -0.1) is 0 Å². The smallest absolute Gasteiger partial charge is 0.407 e. The minimum Gasteiger partial charge on any atom is -0.481 e. The van der Waals surface area contributed by atoms with Gasteiger partial charge >= 0.3 is 12.1 Å². The van der Waals surface area contributed by atoms with Crippen LogP contribution in [0, 0.1) is 11.8 Å². The number of benzene rings is 2. The molecule has 1 heterocycles. The van der Waals surface area contributed by atoms with Gasteiger partial charge in [0.15, 0.2) is 0 Å². The van der Waals surface area contributed by atoms with Crippen LogP contribution in [0.4, 0.5) is 4.79 Å². The molecule has 1 fully saturated rings. The number of ether oxygens (including phenoxy) is 1. The van der Waals surface area contributed by atoms with E-state index < -0.39 is 18.0 Å². The van der Waals surface area contributed by atoms with Crippen molar-refractivity contribution in [2.45, 2.75) is 38.5 Å². The van der Waals surface area contributed by atoms with Gasteiger partial charge in [0, 0.05) is 32.0 Å². The summed E-state index contributed by atoms with van der Waals surface area (Å²) in [5, 5.41) is 12.0. The standard InChI is InChI=1S/C27H32N2O5/c1-18(15-25(30)29-14-6-7-19(16-29)26(31)32)12-13-28-27(33)34-17-24-22-10-4-2-8-20(22)21-9-3-5-11-23(21)24/h2-5,8-11,18-19,24H,6-7,12-17H2,1H3,(H,28,33)(H,31,32). The van der Waals surface area contributed by atoms with Crippen LogP contribution in [0.25, 0.3) is 11.1 Å². The SMILES string of the molecule is CC(CCNC(=O)OCC1c2ccccc2-c2ccccc21)CC(=O)N1CCCC(C(=O)O)C1. The molecule has 34 heavy (non-hydrogen) atoms. The zero-order chi connectivity index (χ0) is 24.1. The number of carbonyl (C=O) groups excluding carboxylic acids is 2. The lowest BCUT2D eigenvalue weighted by molar-refractivity contribution is -0.145. The molecule has 7 heteroatoms. The van der Waals surface area contributed by atoms with E-state index in [0.717, 1.165) is 6.42 Å². The summed E-state index contributed by atoms with van der Waals surface area (Å²) in [5.74, 6) is -1.22. The van der Waals surface area contributed by atoms with Crippen LogP contribution in [0.2, 0.25) is 0 Å². The van der Waals surface area contributed by atoms with Gasteiger partial charge in [0.2, 0.25) is 5.91 Å². The van der Waals surface area contributed by atoms with Crippen molar-refractivity contribution in [1.29, 1.82) is 0 Å². The maximum Gasteiger partial charge on any atom is 0.407 e. The predicted octanol–water partition coefficient (Wildman–Crippen LogP) is 4.26. The third-order valence-corrected chi connectivity index (χ3v) is 6.90. The zero-order valence-electron chi connectivity index (χ0n) is 19.5. The molecule has 2 aromatic rings. The molecule has 2 aromatic carbocycles. The Balaban J connectivity index is 1.20. The number of aliphatic carboxylic acids is 1. The maximum absolute atomic E-state index is 12.5. The number of hydrogen-bond acceptors (Lipinski definition) is 4. The predicted molar refractivity (Wildman–Crippen MR) is 128 cm³/mol. The van der Waals surface area contributed by atoms with Crippen LogP contribution in [-0.2, 0) is 14.3 Å². The number of carboxylic acid groups (broad SMARTS) is 1. The summed E-state index contributed by atoms with van der Waals surface area (Å²) >= 11 is 0. The zero-order valence-corrected chi connectivity index (χ0v) is 19.5. The summed E-state index contributed by atoms with van der Waals surface area (Å²) in [6.07, 6.45) is 1.88. The minimum absolute atomic E-state index is 0.0143. The Hall–Kier alpha value is -3.35. The Morgan fingerprint density at radius 2 is 1.74 bits per heavy atom. The first-order valence-corrected chi connectivity index (χ1v) is 12.0. The molecule has 2 amide bonds. The fraction of sp³-hybridized carbons (Fsp3) is 0.444. The van der Waals surface area contributed by atoms with Crippen molar-refractivity contribution < 1.29 is 24.2 Å². The van der Waals surface area contributed by atoms with Crippen LogP contribution in [0.3, 0.4) is 0 Å². The van der Waals surface area contributed by atoms with Crippen LogP contribution in [0.1, 0.15) is 49.7 Å². The average Bonchev–Trinajstić information content (AvgIpc) is 3.16. The first kappa shape index (κ1) is 23.8. The third kappa shape index (κ3) is 5.41. The van der Waals surface area contributed by atoms with Crippen molar-refractivity contribution in [2.24, 2.45) is 11.8 Å². The lowest BCUT2D eigenvalue weighted by Crippen LogP contribution is -2.42. The second-order valence-electron chi connectivity index (χ2n) is 9.37. The molecule has 2 aliphatic rings. The molecule has 2 unspecified atom stereocenters. The van der Waals surface area contributed by atoms with Crippen LogP contribution in [0.5, 0.6) is 0 Å². The lowest BCUT2D eigenvalue weighted by atomic mass is 9.96. The van der Waals surface area contributed by atoms with Crippen molar-refractivity contribution in [1.82, 2.24) is 10.2 Å². The van der Waals surface area contributed by atoms with Crippen LogP contribution >= 0.6 is 0 Å². The number of piperidine rings is 1. The monoisotopic (exact) mass is 464 g/mol. The Morgan fingerprint density at radius 3 is 2.38 bits per heavy atom. The highest BCUT2D eigenvalue weighted by Crippen LogP contribution is 2.44. The Morgan fingerprint density at radius 1 is 1.09 bits per heavy atom. The Kier molecular flexibility index (Phi) is 7.50. The normalized spacial score (nSPS) is 18.0. The number of likely N-dealkylation sites (tertiary alicyclic amines) is 1. The van der Waals surface area contributed by atoms with Gasteiger partial charge in [-0.1, -0.05) is 55.5 Å². The molecule has 0 aromatic heterocycles. The fourth-order valence-corrected chi connectivity index (χ4v) is 5.00. The number of carboxylic acids is 1. The highest BCUT2D eigenvalue weighted by Gasteiger charge is 2.30. The number of fused-ring (bicyclic) bond motifs is 3. The Bertz CT molecular complexity index is 1010. The van der Waals surface area contributed by atoms with Crippen molar-refractivity contribution in [2.75, 3.05) is 26.2 Å². The van der Waals surface area contributed by atoms with Gasteiger partial charge in [-0.3, -0.25) is 9.59 Å². The lowest BCUT2D eigenvalue weighted by Gasteiger charge is -2.31. The minimum atomic E-state index is -0.835. The molecule has 1 saturated heterocycles. The van der Waals surface area contributed by atoms with Crippen molar-refractivity contribution in [3.05, 3.63) is 59.7 Å². The number of nitrogens with zero attached hydrogens (tertiary/aromatic N) is 1. The third-order valence-electron chi connectivity index (χ3n) is 6.90. The quantitative estimate of drug-likeness (QED) is 0.608. The molecular formula is C27H32N2O5. The summed E-state index contributed by atoms with van der Waals surface area (Å²) in [5.41, 5.74) is 4.72. The van der Waals surface area contributed by atoms with Crippen LogP contribution in [0.15, 0.2) is 48.5 Å². The number of hydrogen-bond donors (Lipinski definition) is 2. The fourth-order valence-electron chi connectivity index (χ4n) is 5.00. The molecule has 0 spiro atoms. The van der Waals surface area contributed by atoms with E-state index in [2.05, 4.69) is 29.6 Å². The van der Waals surface area contributed by atoms with E-state index in [-0.39, 0.29) is 24.3 Å². The first-order chi connectivity index (χ1) is 16.4. The van der Waals surface area contributed by atoms with E-state index in [4.69, 9.17) is 4.74 Å². The van der Waals surface area contributed by atoms with E-state index in [1.54, 1.807) is 4.90 Å². The summed E-state index contributed by atoms with van der Waals surface area (Å²) < 4.78 is 5.55. The number of carbonyl (C=O) groups is 3. The Labute approximate surface area is 200 Å². The maximum atomic E-state index is 12.5. The number of nitrogens with one attached hydrogen (secondary N) is 1. The number of amides is 2. The molecule has 0 radical (unpaired) electrons. The van der Waals surface area contributed by atoms with E-state index in [9.17, 15) is 19.5 Å². The van der Waals surface area contributed by atoms with E-state index in [1.165, 1.54) is 22.3 Å². The second-order valence-corrected chi connectivity index (χ2v) is 9.37. The van der Waals surface area contributed by atoms with Gasteiger partial charge in [-0.25, -0.2) is 4.79 Å². The number of alkyl carbamates (subject to hydrolysis) is 1. The van der Waals surface area contributed by atoms with Gasteiger partial charge in [0.1, 0.15) is 6.61 Å². The topological polar surface area (TPSA) is 95.9 Å². The van der Waals surface area contributed by atoms with Gasteiger partial charge in [-0.05, 0) is 47.4 Å². The molecule has 1 aliphatic heterocycles. The molecule has 7 nitrogen and oxygen atoms in total. The molecule has 2 atom stereocenters. The van der Waals surface area contributed by atoms with Gasteiger partial charge < -0.3 is 20.1 Å². The highest BCUT2D eigenvalue weighted by atomic mass is 16.5. The largest absolute Gasteiger partial charge is 0.481 e. The molecule has 0 bridgehead atoms. The summed E-state index contributed by atoms with van der Waals surface area (Å²) in [6.45, 7) is 3.57. The molecule has 1 aliphatic carbocycles. The molecule has 4 rings (SSSR count). The van der Waals surface area contributed by atoms with Gasteiger partial charge in [-0.2, -0.15) is 0 Å². The highest BCUT2D eigenvalue weighted by molar-refractivity contribution is 5.79. The first-order valence-electron chi connectivity index (χ1n) is 12.0. The van der Waals surface area contributed by atoms with Crippen molar-refractivity contribution in [3.63, 3.8) is 0 Å². The van der Waals surface area contributed by atoms with Crippen LogP contribution in [-0.4, -0.2) is 54.2 Å². The van der Waals surface area contributed by atoms with E-state index >= 15 is 0 Å². The summed E-state index contributed by atoms with van der Waals surface area (Å²) in [4.78, 5) is 37.7. The second kappa shape index (κ2) is 10.7. The van der Waals surface area contributed by atoms with E-state index in [1.807, 2.05) is 31.2 Å². The molecule has 2 N–H and O–H groups in total. The van der Waals surface area contributed by atoms with Crippen molar-refractivity contribution >= 4 is 18.0 Å². The molecular weight excluding hydrogens is 432 g/mol. The summed E-state index contributed by atoms with van der Waals surface area (Å²) in [7, 11) is 0. The van der Waals surface area contributed by atoms with Crippen LogP contribution < -0.4 is 5.32 Å². The average molecular weight is 465 g/mol.